The third-order valence-corrected chi connectivity index (χ3v) is 3.12. The molecular weight excluding hydrogens is 258 g/mol. The van der Waals surface area contributed by atoms with Crippen LogP contribution < -0.4 is 9.64 Å². The van der Waals surface area contributed by atoms with Crippen molar-refractivity contribution < 1.29 is 14.6 Å². The molecule has 0 unspecified atom stereocenters. The second-order valence-corrected chi connectivity index (χ2v) is 4.39. The monoisotopic (exact) mass is 271 g/mol. The summed E-state index contributed by atoms with van der Waals surface area (Å²) in [5.41, 5.74) is 0.949. The van der Waals surface area contributed by atoms with Crippen LogP contribution in [0.15, 0.2) is 36.7 Å². The molecular formula is C14H13N3O3. The van der Waals surface area contributed by atoms with E-state index in [0.29, 0.717) is 31.3 Å². The van der Waals surface area contributed by atoms with Gasteiger partial charge in [-0.05, 0) is 18.2 Å². The number of anilines is 1. The number of hydrogen-bond donors (Lipinski definition) is 1. The first-order valence-corrected chi connectivity index (χ1v) is 6.25. The van der Waals surface area contributed by atoms with Gasteiger partial charge in [-0.1, -0.05) is 6.07 Å². The SMILES string of the molecule is O=C(O)c1cccc2c1OCCN2Cc1ncccn1. The summed E-state index contributed by atoms with van der Waals surface area (Å²) in [5.74, 6) is 0.128. The molecule has 0 saturated carbocycles. The van der Waals surface area contributed by atoms with Crippen molar-refractivity contribution in [2.45, 2.75) is 6.54 Å². The average molecular weight is 271 g/mol. The fourth-order valence-electron chi connectivity index (χ4n) is 2.22. The van der Waals surface area contributed by atoms with Gasteiger partial charge in [0.25, 0.3) is 0 Å². The first kappa shape index (κ1) is 12.4. The Hall–Kier alpha value is -2.63. The molecule has 2 heterocycles. The van der Waals surface area contributed by atoms with Crippen LogP contribution in [0.5, 0.6) is 5.75 Å². The largest absolute Gasteiger partial charge is 0.489 e. The zero-order valence-electron chi connectivity index (χ0n) is 10.7. The van der Waals surface area contributed by atoms with Gasteiger partial charge >= 0.3 is 5.97 Å². The second kappa shape index (κ2) is 5.16. The Labute approximate surface area is 115 Å². The fraction of sp³-hybridized carbons (Fsp3) is 0.214. The quantitative estimate of drug-likeness (QED) is 0.913. The number of aromatic carboxylic acids is 1. The van der Waals surface area contributed by atoms with Crippen LogP contribution in [0.4, 0.5) is 5.69 Å². The number of ether oxygens (including phenoxy) is 1. The van der Waals surface area contributed by atoms with Crippen molar-refractivity contribution in [3.63, 3.8) is 0 Å². The lowest BCUT2D eigenvalue weighted by Gasteiger charge is -2.31. The van der Waals surface area contributed by atoms with Gasteiger partial charge in [0, 0.05) is 12.4 Å². The van der Waals surface area contributed by atoms with Crippen LogP contribution in [0.1, 0.15) is 16.2 Å². The Bertz CT molecular complexity index is 631. The first-order chi connectivity index (χ1) is 9.75. The average Bonchev–Trinajstić information content (AvgIpc) is 2.48. The summed E-state index contributed by atoms with van der Waals surface area (Å²) in [7, 11) is 0. The fourth-order valence-corrected chi connectivity index (χ4v) is 2.22. The zero-order chi connectivity index (χ0) is 13.9. The normalized spacial score (nSPS) is 13.5. The Morgan fingerprint density at radius 1 is 1.30 bits per heavy atom. The van der Waals surface area contributed by atoms with Gasteiger partial charge in [-0.2, -0.15) is 0 Å². The Kier molecular flexibility index (Phi) is 3.20. The number of para-hydroxylation sites is 1. The van der Waals surface area contributed by atoms with Gasteiger partial charge in [0.15, 0.2) is 5.75 Å². The molecule has 3 rings (SSSR count). The lowest BCUT2D eigenvalue weighted by atomic mass is 10.1. The van der Waals surface area contributed by atoms with Crippen LogP contribution in [0.3, 0.4) is 0 Å². The highest BCUT2D eigenvalue weighted by atomic mass is 16.5. The van der Waals surface area contributed by atoms with Crippen molar-refractivity contribution in [3.05, 3.63) is 48.0 Å². The number of hydrogen-bond acceptors (Lipinski definition) is 5. The van der Waals surface area contributed by atoms with Crippen molar-refractivity contribution in [3.8, 4) is 5.75 Å². The standard InChI is InChI=1S/C14H13N3O3/c18-14(19)10-3-1-4-11-13(10)20-8-7-17(11)9-12-15-5-2-6-16-12/h1-6H,7-9H2,(H,18,19). The zero-order valence-corrected chi connectivity index (χ0v) is 10.7. The third kappa shape index (κ3) is 2.27. The molecule has 20 heavy (non-hydrogen) atoms. The van der Waals surface area contributed by atoms with Gasteiger partial charge in [0.1, 0.15) is 18.0 Å². The van der Waals surface area contributed by atoms with Crippen molar-refractivity contribution in [2.75, 3.05) is 18.1 Å². The van der Waals surface area contributed by atoms with Crippen molar-refractivity contribution in [1.29, 1.82) is 0 Å². The van der Waals surface area contributed by atoms with Crippen LogP contribution >= 0.6 is 0 Å². The van der Waals surface area contributed by atoms with E-state index >= 15 is 0 Å². The van der Waals surface area contributed by atoms with E-state index in [0.717, 1.165) is 5.69 Å². The van der Waals surface area contributed by atoms with Crippen LogP contribution in [-0.2, 0) is 6.54 Å². The molecule has 0 atom stereocenters. The minimum absolute atomic E-state index is 0.182. The van der Waals surface area contributed by atoms with E-state index in [1.165, 1.54) is 0 Å². The summed E-state index contributed by atoms with van der Waals surface area (Å²) in [6, 6.07) is 6.88. The molecule has 0 spiro atoms. The molecule has 0 amide bonds. The summed E-state index contributed by atoms with van der Waals surface area (Å²) in [6.45, 7) is 1.65. The lowest BCUT2D eigenvalue weighted by molar-refractivity contribution is 0.0692. The van der Waals surface area contributed by atoms with Crippen LogP contribution in [0.2, 0.25) is 0 Å². The number of nitrogens with zero attached hydrogens (tertiary/aromatic N) is 3. The topological polar surface area (TPSA) is 75.6 Å². The number of carbonyl (C=O) groups is 1. The summed E-state index contributed by atoms with van der Waals surface area (Å²) in [5, 5.41) is 9.19. The maximum Gasteiger partial charge on any atom is 0.339 e. The maximum absolute atomic E-state index is 11.2. The minimum Gasteiger partial charge on any atom is -0.489 e. The van der Waals surface area contributed by atoms with E-state index in [-0.39, 0.29) is 5.56 Å². The minimum atomic E-state index is -0.986. The molecule has 0 saturated heterocycles. The van der Waals surface area contributed by atoms with E-state index in [9.17, 15) is 9.90 Å². The second-order valence-electron chi connectivity index (χ2n) is 4.39. The summed E-state index contributed by atoms with van der Waals surface area (Å²) in [6.07, 6.45) is 3.38. The van der Waals surface area contributed by atoms with Crippen LogP contribution in [-0.4, -0.2) is 34.2 Å². The number of carboxylic acids is 1. The molecule has 0 bridgehead atoms. The molecule has 0 aliphatic carbocycles. The molecule has 1 aromatic heterocycles. The molecule has 1 aromatic carbocycles. The highest BCUT2D eigenvalue weighted by Gasteiger charge is 2.24. The number of rotatable bonds is 3. The first-order valence-electron chi connectivity index (χ1n) is 6.25. The number of benzene rings is 1. The number of aromatic nitrogens is 2. The van der Waals surface area contributed by atoms with Gasteiger partial charge in [0.05, 0.1) is 18.8 Å². The van der Waals surface area contributed by atoms with E-state index in [1.54, 1.807) is 30.6 Å². The smallest absolute Gasteiger partial charge is 0.339 e. The Balaban J connectivity index is 1.94. The van der Waals surface area contributed by atoms with E-state index < -0.39 is 5.97 Å². The maximum atomic E-state index is 11.2. The van der Waals surface area contributed by atoms with Crippen LogP contribution in [0.25, 0.3) is 0 Å². The van der Waals surface area contributed by atoms with Gasteiger partial charge in [-0.3, -0.25) is 0 Å². The molecule has 102 valence electrons. The molecule has 0 fully saturated rings. The lowest BCUT2D eigenvalue weighted by Crippen LogP contribution is -2.33. The van der Waals surface area contributed by atoms with Crippen LogP contribution in [0, 0.1) is 0 Å². The van der Waals surface area contributed by atoms with Gasteiger partial charge < -0.3 is 14.7 Å². The van der Waals surface area contributed by atoms with E-state index in [4.69, 9.17) is 4.74 Å². The summed E-state index contributed by atoms with van der Waals surface area (Å²) in [4.78, 5) is 21.6. The highest BCUT2D eigenvalue weighted by molar-refractivity contribution is 5.93. The Morgan fingerprint density at radius 2 is 2.10 bits per heavy atom. The molecule has 1 aliphatic rings. The van der Waals surface area contributed by atoms with Crippen molar-refractivity contribution in [2.24, 2.45) is 0 Å². The number of carboxylic acid groups (broad SMARTS) is 1. The molecule has 1 N–H and O–H groups in total. The highest BCUT2D eigenvalue weighted by Crippen LogP contribution is 2.35. The van der Waals surface area contributed by atoms with Gasteiger partial charge in [-0.25, -0.2) is 14.8 Å². The van der Waals surface area contributed by atoms with Gasteiger partial charge in [0.2, 0.25) is 0 Å². The predicted molar refractivity (Wildman–Crippen MR) is 72.0 cm³/mol. The van der Waals surface area contributed by atoms with Crippen molar-refractivity contribution in [1.82, 2.24) is 9.97 Å². The summed E-state index contributed by atoms with van der Waals surface area (Å²) >= 11 is 0. The number of fused-ring (bicyclic) bond motifs is 1. The molecule has 6 heteroatoms. The summed E-state index contributed by atoms with van der Waals surface area (Å²) < 4.78 is 5.52. The van der Waals surface area contributed by atoms with E-state index in [1.807, 2.05) is 11.0 Å². The predicted octanol–water partition coefficient (Wildman–Crippen LogP) is 1.57. The molecule has 0 radical (unpaired) electrons. The molecule has 2 aromatic rings. The molecule has 1 aliphatic heterocycles. The Morgan fingerprint density at radius 3 is 2.85 bits per heavy atom. The van der Waals surface area contributed by atoms with E-state index in [2.05, 4.69) is 9.97 Å². The third-order valence-electron chi connectivity index (χ3n) is 3.12. The van der Waals surface area contributed by atoms with Crippen molar-refractivity contribution >= 4 is 11.7 Å². The molecule has 6 nitrogen and oxygen atoms in total. The van der Waals surface area contributed by atoms with Gasteiger partial charge in [-0.15, -0.1) is 0 Å².